The molecule has 1 aromatic rings. The maximum absolute atomic E-state index is 11.0. The third-order valence-electron chi connectivity index (χ3n) is 3.29. The van der Waals surface area contributed by atoms with Gasteiger partial charge in [0.2, 0.25) is 0 Å². The second-order valence-electron chi connectivity index (χ2n) is 4.25. The number of methoxy groups -OCH3 is 2. The molecule has 1 N–H and O–H groups in total. The second-order valence-corrected chi connectivity index (χ2v) is 4.25. The molecule has 1 atom stereocenters. The van der Waals surface area contributed by atoms with Crippen molar-refractivity contribution in [1.82, 2.24) is 0 Å². The Morgan fingerprint density at radius 2 is 2.12 bits per heavy atom. The van der Waals surface area contributed by atoms with Crippen LogP contribution in [0.4, 0.5) is 0 Å². The van der Waals surface area contributed by atoms with E-state index in [1.54, 1.807) is 14.2 Å². The molecular formula is C13H16O4. The van der Waals surface area contributed by atoms with E-state index in [9.17, 15) is 4.79 Å². The predicted molar refractivity (Wildman–Crippen MR) is 62.7 cm³/mol. The van der Waals surface area contributed by atoms with Crippen molar-refractivity contribution in [2.45, 2.75) is 19.3 Å². The first-order valence-corrected chi connectivity index (χ1v) is 5.62. The van der Waals surface area contributed by atoms with Crippen LogP contribution in [-0.4, -0.2) is 25.3 Å². The second kappa shape index (κ2) is 4.65. The average molecular weight is 236 g/mol. The number of rotatable bonds is 3. The molecule has 1 unspecified atom stereocenters. The zero-order valence-corrected chi connectivity index (χ0v) is 10.0. The highest BCUT2D eigenvalue weighted by Gasteiger charge is 2.26. The van der Waals surface area contributed by atoms with Crippen LogP contribution in [0.5, 0.6) is 11.5 Å². The van der Waals surface area contributed by atoms with Gasteiger partial charge >= 0.3 is 5.97 Å². The summed E-state index contributed by atoms with van der Waals surface area (Å²) in [6, 6.07) is 3.76. The van der Waals surface area contributed by atoms with E-state index in [-0.39, 0.29) is 5.92 Å². The van der Waals surface area contributed by atoms with Gasteiger partial charge in [-0.15, -0.1) is 0 Å². The Balaban J connectivity index is 2.39. The third-order valence-corrected chi connectivity index (χ3v) is 3.29. The molecule has 0 heterocycles. The quantitative estimate of drug-likeness (QED) is 0.870. The van der Waals surface area contributed by atoms with Crippen molar-refractivity contribution in [2.24, 2.45) is 5.92 Å². The van der Waals surface area contributed by atoms with Gasteiger partial charge in [0.05, 0.1) is 20.1 Å². The Labute approximate surface area is 100 Å². The molecule has 0 aliphatic heterocycles. The number of ether oxygens (including phenoxy) is 2. The molecule has 2 rings (SSSR count). The molecule has 1 aliphatic carbocycles. The number of carboxylic acid groups (broad SMARTS) is 1. The maximum Gasteiger partial charge on any atom is 0.306 e. The van der Waals surface area contributed by atoms with E-state index in [1.165, 1.54) is 0 Å². The van der Waals surface area contributed by atoms with E-state index >= 15 is 0 Å². The van der Waals surface area contributed by atoms with E-state index < -0.39 is 5.97 Å². The van der Waals surface area contributed by atoms with Crippen LogP contribution in [-0.2, 0) is 17.6 Å². The molecule has 0 amide bonds. The van der Waals surface area contributed by atoms with Crippen LogP contribution >= 0.6 is 0 Å². The Bertz CT molecular complexity index is 439. The highest BCUT2D eigenvalue weighted by atomic mass is 16.5. The first-order valence-electron chi connectivity index (χ1n) is 5.62. The highest BCUT2D eigenvalue weighted by molar-refractivity contribution is 5.71. The van der Waals surface area contributed by atoms with Crippen molar-refractivity contribution in [3.63, 3.8) is 0 Å². The van der Waals surface area contributed by atoms with Gasteiger partial charge in [-0.25, -0.2) is 0 Å². The lowest BCUT2D eigenvalue weighted by Crippen LogP contribution is -2.22. The predicted octanol–water partition coefficient (Wildman–Crippen LogP) is 1.89. The number of benzene rings is 1. The highest BCUT2D eigenvalue weighted by Crippen LogP contribution is 2.35. The number of carboxylic acids is 1. The molecule has 4 nitrogen and oxygen atoms in total. The number of carbonyl (C=O) groups is 1. The summed E-state index contributed by atoms with van der Waals surface area (Å²) < 4.78 is 10.5. The number of hydrogen-bond donors (Lipinski definition) is 1. The van der Waals surface area contributed by atoms with Crippen LogP contribution in [0.1, 0.15) is 17.5 Å². The summed E-state index contributed by atoms with van der Waals surface area (Å²) in [7, 11) is 3.22. The fourth-order valence-corrected chi connectivity index (χ4v) is 2.34. The van der Waals surface area contributed by atoms with Gasteiger partial charge in [-0.2, -0.15) is 0 Å². The summed E-state index contributed by atoms with van der Waals surface area (Å²) >= 11 is 0. The Hall–Kier alpha value is -1.71. The van der Waals surface area contributed by atoms with Gasteiger partial charge in [0.25, 0.3) is 0 Å². The summed E-state index contributed by atoms with van der Waals surface area (Å²) in [6.45, 7) is 0. The molecule has 4 heteroatoms. The summed E-state index contributed by atoms with van der Waals surface area (Å²) in [6.07, 6.45) is 1.97. The largest absolute Gasteiger partial charge is 0.497 e. The number of hydrogen-bond acceptors (Lipinski definition) is 3. The molecule has 0 bridgehead atoms. The molecule has 17 heavy (non-hydrogen) atoms. The molecule has 0 saturated carbocycles. The van der Waals surface area contributed by atoms with Gasteiger partial charge in [0.1, 0.15) is 11.5 Å². The van der Waals surface area contributed by atoms with Crippen molar-refractivity contribution in [2.75, 3.05) is 14.2 Å². The summed E-state index contributed by atoms with van der Waals surface area (Å²) in [5, 5.41) is 9.05. The van der Waals surface area contributed by atoms with Crippen molar-refractivity contribution >= 4 is 5.97 Å². The van der Waals surface area contributed by atoms with Crippen molar-refractivity contribution in [3.8, 4) is 11.5 Å². The first kappa shape index (κ1) is 11.8. The van der Waals surface area contributed by atoms with E-state index in [0.29, 0.717) is 18.6 Å². The van der Waals surface area contributed by atoms with Crippen LogP contribution in [0, 0.1) is 5.92 Å². The molecule has 1 aliphatic rings. The molecule has 0 spiro atoms. The zero-order chi connectivity index (χ0) is 12.4. The van der Waals surface area contributed by atoms with Crippen LogP contribution < -0.4 is 9.47 Å². The minimum atomic E-state index is -0.725. The minimum Gasteiger partial charge on any atom is -0.497 e. The van der Waals surface area contributed by atoms with E-state index in [1.807, 2.05) is 12.1 Å². The maximum atomic E-state index is 11.0. The van der Waals surface area contributed by atoms with Gasteiger partial charge in [0, 0.05) is 6.07 Å². The summed E-state index contributed by atoms with van der Waals surface area (Å²) in [5.74, 6) is 0.492. The smallest absolute Gasteiger partial charge is 0.306 e. The third kappa shape index (κ3) is 2.20. The van der Waals surface area contributed by atoms with E-state index in [0.717, 1.165) is 23.3 Å². The Morgan fingerprint density at radius 3 is 2.71 bits per heavy atom. The summed E-state index contributed by atoms with van der Waals surface area (Å²) in [4.78, 5) is 11.0. The van der Waals surface area contributed by atoms with Crippen molar-refractivity contribution in [1.29, 1.82) is 0 Å². The van der Waals surface area contributed by atoms with Crippen LogP contribution in [0.2, 0.25) is 0 Å². The summed E-state index contributed by atoms with van der Waals surface area (Å²) in [5.41, 5.74) is 2.14. The van der Waals surface area contributed by atoms with E-state index in [2.05, 4.69) is 0 Å². The zero-order valence-electron chi connectivity index (χ0n) is 10.0. The molecule has 0 aromatic heterocycles. The van der Waals surface area contributed by atoms with Gasteiger partial charge in [-0.05, 0) is 36.5 Å². The van der Waals surface area contributed by atoms with Gasteiger partial charge in [0.15, 0.2) is 0 Å². The minimum absolute atomic E-state index is 0.292. The SMILES string of the molecule is COc1cc2c(c(OC)c1)CCC(C(=O)O)C2. The van der Waals surface area contributed by atoms with Crippen molar-refractivity contribution < 1.29 is 19.4 Å². The van der Waals surface area contributed by atoms with Gasteiger partial charge in [-0.1, -0.05) is 0 Å². The molecule has 0 fully saturated rings. The number of aliphatic carboxylic acids is 1. The normalized spacial score (nSPS) is 18.4. The Morgan fingerprint density at radius 1 is 1.35 bits per heavy atom. The molecule has 1 aromatic carbocycles. The lowest BCUT2D eigenvalue weighted by Gasteiger charge is -2.24. The van der Waals surface area contributed by atoms with Crippen LogP contribution in [0.15, 0.2) is 12.1 Å². The lowest BCUT2D eigenvalue weighted by atomic mass is 9.83. The molecule has 0 saturated heterocycles. The molecule has 92 valence electrons. The lowest BCUT2D eigenvalue weighted by molar-refractivity contribution is -0.142. The van der Waals surface area contributed by atoms with Crippen LogP contribution in [0.3, 0.4) is 0 Å². The first-order chi connectivity index (χ1) is 8.15. The fraction of sp³-hybridized carbons (Fsp3) is 0.462. The van der Waals surface area contributed by atoms with E-state index in [4.69, 9.17) is 14.6 Å². The molecular weight excluding hydrogens is 220 g/mol. The Kier molecular flexibility index (Phi) is 3.22. The van der Waals surface area contributed by atoms with Crippen LogP contribution in [0.25, 0.3) is 0 Å². The van der Waals surface area contributed by atoms with Gasteiger partial charge < -0.3 is 14.6 Å². The van der Waals surface area contributed by atoms with Gasteiger partial charge in [-0.3, -0.25) is 4.79 Å². The molecule has 0 radical (unpaired) electrons. The number of fused-ring (bicyclic) bond motifs is 1. The van der Waals surface area contributed by atoms with Crippen molar-refractivity contribution in [3.05, 3.63) is 23.3 Å². The topological polar surface area (TPSA) is 55.8 Å². The monoisotopic (exact) mass is 236 g/mol. The standard InChI is InChI=1S/C13H16O4/c1-16-10-6-9-5-8(13(14)15)3-4-11(9)12(7-10)17-2/h6-8H,3-5H2,1-2H3,(H,14,15). The average Bonchev–Trinajstić information content (AvgIpc) is 2.36. The fourth-order valence-electron chi connectivity index (χ4n) is 2.34.